The monoisotopic (exact) mass is 640 g/mol. The van der Waals surface area contributed by atoms with Gasteiger partial charge in [-0.05, 0) is 22.9 Å². The highest BCUT2D eigenvalue weighted by atomic mass is 16.7. The van der Waals surface area contributed by atoms with Crippen LogP contribution >= 0.6 is 0 Å². The molecule has 2 heterocycles. The van der Waals surface area contributed by atoms with Crippen molar-refractivity contribution in [1.82, 2.24) is 0 Å². The van der Waals surface area contributed by atoms with Crippen molar-refractivity contribution in [2.75, 3.05) is 0 Å². The van der Waals surface area contributed by atoms with Crippen molar-refractivity contribution >= 4 is 33.5 Å². The van der Waals surface area contributed by atoms with E-state index in [4.69, 9.17) is 29.2 Å². The van der Waals surface area contributed by atoms with E-state index < -0.39 is 73.4 Å². The Bertz CT molecular complexity index is 1550. The Morgan fingerprint density at radius 2 is 0.826 bits per heavy atom. The first kappa shape index (κ1) is 33.0. The number of carboxylic acids is 2. The lowest BCUT2D eigenvalue weighted by Gasteiger charge is -2.38. The number of aliphatic hydroxyl groups is 6. The third-order valence-corrected chi connectivity index (χ3v) is 7.61. The molecule has 2 fully saturated rings. The van der Waals surface area contributed by atoms with Gasteiger partial charge in [-0.2, -0.15) is 0 Å². The summed E-state index contributed by atoms with van der Waals surface area (Å²) in [5.74, 6) is -2.15. The Kier molecular flexibility index (Phi) is 10.0. The molecule has 14 heteroatoms. The molecule has 0 aliphatic carbocycles. The maximum atomic E-state index is 11.1. The molecular weight excluding hydrogens is 608 g/mol. The van der Waals surface area contributed by atoms with Crippen LogP contribution in [0.4, 0.5) is 0 Å². The van der Waals surface area contributed by atoms with Crippen LogP contribution in [-0.4, -0.2) is 114 Å². The molecule has 2 aliphatic rings. The Labute approximate surface area is 260 Å². The molecule has 0 spiro atoms. The van der Waals surface area contributed by atoms with Crippen molar-refractivity contribution in [2.24, 2.45) is 0 Å². The van der Waals surface area contributed by atoms with Crippen LogP contribution in [0.25, 0.3) is 21.5 Å². The van der Waals surface area contributed by atoms with Gasteiger partial charge in [0, 0.05) is 10.8 Å². The van der Waals surface area contributed by atoms with Gasteiger partial charge < -0.3 is 59.8 Å². The van der Waals surface area contributed by atoms with Crippen LogP contribution in [0.3, 0.4) is 0 Å². The predicted octanol–water partition coefficient (Wildman–Crippen LogP) is 0.222. The van der Waals surface area contributed by atoms with E-state index in [1.54, 1.807) is 36.4 Å². The minimum atomic E-state index is -1.74. The van der Waals surface area contributed by atoms with Gasteiger partial charge in [0.25, 0.3) is 0 Å². The second kappa shape index (κ2) is 13.9. The second-order valence-electron chi connectivity index (χ2n) is 10.7. The quantitative estimate of drug-likeness (QED) is 0.141. The molecule has 4 aromatic rings. The lowest BCUT2D eigenvalue weighted by molar-refractivity contribution is -0.270. The molecule has 0 amide bonds. The standard InChI is InChI=1S/2C16H16O7/c2*17-11-12(18)14(15(20)21)23-16(13(11)19)22-10-7-3-5-8-4-1-2-6-9(8)10/h2*1-7,11-14,16-19H,(H,20,21)/t2*11-,12-,13+,14-,16+/m00/s1. The summed E-state index contributed by atoms with van der Waals surface area (Å²) in [5, 5.41) is 80.3. The number of carboxylic acid groups (broad SMARTS) is 2. The summed E-state index contributed by atoms with van der Waals surface area (Å²) in [6.07, 6.45) is -16.2. The summed E-state index contributed by atoms with van der Waals surface area (Å²) >= 11 is 0. The van der Waals surface area contributed by atoms with Crippen molar-refractivity contribution in [3.8, 4) is 11.5 Å². The first-order valence-corrected chi connectivity index (χ1v) is 14.1. The zero-order chi connectivity index (χ0) is 33.1. The molecule has 0 unspecified atom stereocenters. The first-order valence-electron chi connectivity index (χ1n) is 14.1. The van der Waals surface area contributed by atoms with Gasteiger partial charge in [0.15, 0.2) is 12.2 Å². The van der Waals surface area contributed by atoms with Crippen molar-refractivity contribution in [2.45, 2.75) is 61.4 Å². The van der Waals surface area contributed by atoms with Crippen molar-refractivity contribution < 1.29 is 69.4 Å². The highest BCUT2D eigenvalue weighted by molar-refractivity contribution is 5.89. The van der Waals surface area contributed by atoms with Crippen LogP contribution in [0.15, 0.2) is 84.9 Å². The van der Waals surface area contributed by atoms with E-state index in [9.17, 15) is 40.2 Å². The van der Waals surface area contributed by atoms with Gasteiger partial charge in [0.05, 0.1) is 0 Å². The topological polar surface area (TPSA) is 233 Å². The summed E-state index contributed by atoms with van der Waals surface area (Å²) < 4.78 is 21.4. The van der Waals surface area contributed by atoms with Crippen molar-refractivity contribution in [3.63, 3.8) is 0 Å². The average Bonchev–Trinajstić information content (AvgIpc) is 3.05. The van der Waals surface area contributed by atoms with Gasteiger partial charge in [0.2, 0.25) is 12.6 Å². The Hall–Kier alpha value is -4.38. The number of carbonyl (C=O) groups is 2. The number of rotatable bonds is 6. The zero-order valence-corrected chi connectivity index (χ0v) is 23.9. The molecule has 10 atom stereocenters. The molecule has 8 N–H and O–H groups in total. The van der Waals surface area contributed by atoms with Gasteiger partial charge in [-0.3, -0.25) is 0 Å². The molecule has 2 aliphatic heterocycles. The number of hydrogen-bond donors (Lipinski definition) is 8. The normalized spacial score (nSPS) is 31.0. The van der Waals surface area contributed by atoms with Crippen LogP contribution < -0.4 is 9.47 Å². The van der Waals surface area contributed by atoms with Gasteiger partial charge in [-0.15, -0.1) is 0 Å². The molecule has 4 aromatic carbocycles. The summed E-state index contributed by atoms with van der Waals surface area (Å²) in [5.41, 5.74) is 0. The lowest BCUT2D eigenvalue weighted by Crippen LogP contribution is -2.61. The van der Waals surface area contributed by atoms with Gasteiger partial charge in [-0.1, -0.05) is 72.8 Å². The third kappa shape index (κ3) is 6.74. The number of hydrogen-bond acceptors (Lipinski definition) is 12. The number of aliphatic carboxylic acids is 2. The smallest absolute Gasteiger partial charge is 0.335 e. The molecule has 6 rings (SSSR count). The number of fused-ring (bicyclic) bond motifs is 2. The second-order valence-corrected chi connectivity index (χ2v) is 10.7. The molecular formula is C32H32O14. The van der Waals surface area contributed by atoms with E-state index in [2.05, 4.69) is 0 Å². The van der Waals surface area contributed by atoms with Crippen LogP contribution in [-0.2, 0) is 19.1 Å². The zero-order valence-electron chi connectivity index (χ0n) is 23.9. The highest BCUT2D eigenvalue weighted by Gasteiger charge is 2.49. The number of ether oxygens (including phenoxy) is 4. The van der Waals surface area contributed by atoms with Crippen molar-refractivity contribution in [1.29, 1.82) is 0 Å². The molecule has 0 saturated carbocycles. The van der Waals surface area contributed by atoms with Crippen LogP contribution in [0.2, 0.25) is 0 Å². The van der Waals surface area contributed by atoms with Crippen molar-refractivity contribution in [3.05, 3.63) is 84.9 Å². The first-order chi connectivity index (χ1) is 22.0. The maximum Gasteiger partial charge on any atom is 0.335 e. The Morgan fingerprint density at radius 3 is 1.20 bits per heavy atom. The minimum Gasteiger partial charge on any atom is -0.479 e. The van der Waals surface area contributed by atoms with Gasteiger partial charge in [-0.25, -0.2) is 9.59 Å². The molecule has 0 radical (unpaired) electrons. The minimum absolute atomic E-state index is 0.375. The van der Waals surface area contributed by atoms with E-state index in [1.165, 1.54) is 0 Å². The van der Waals surface area contributed by atoms with E-state index in [-0.39, 0.29) is 0 Å². The summed E-state index contributed by atoms with van der Waals surface area (Å²) in [7, 11) is 0. The molecule has 0 aromatic heterocycles. The molecule has 2 saturated heterocycles. The maximum absolute atomic E-state index is 11.1. The summed E-state index contributed by atoms with van der Waals surface area (Å²) in [4.78, 5) is 22.2. The summed E-state index contributed by atoms with van der Waals surface area (Å²) in [6, 6.07) is 25.2. The fourth-order valence-electron chi connectivity index (χ4n) is 5.15. The van der Waals surface area contributed by atoms with Crippen LogP contribution in [0, 0.1) is 0 Å². The SMILES string of the molecule is O=C(O)[C@H]1O[C@@H](Oc2cccc3ccccc23)[C@H](O)[C@@H](O)[C@@H]1O.O=C(O)[C@H]1O[C@@H](Oc2cccc3ccccc23)[C@H](O)[C@@H](O)[C@@H]1O. The number of aliphatic hydroxyl groups excluding tert-OH is 6. The van der Waals surface area contributed by atoms with E-state index in [0.717, 1.165) is 21.5 Å². The Morgan fingerprint density at radius 1 is 0.478 bits per heavy atom. The fourth-order valence-corrected chi connectivity index (χ4v) is 5.15. The Balaban J connectivity index is 0.000000181. The molecule has 46 heavy (non-hydrogen) atoms. The molecule has 0 bridgehead atoms. The summed E-state index contributed by atoms with van der Waals surface area (Å²) in [6.45, 7) is 0. The highest BCUT2D eigenvalue weighted by Crippen LogP contribution is 2.31. The third-order valence-electron chi connectivity index (χ3n) is 7.61. The van der Waals surface area contributed by atoms with Crippen LogP contribution in [0.5, 0.6) is 11.5 Å². The van der Waals surface area contributed by atoms with E-state index in [0.29, 0.717) is 11.5 Å². The number of benzene rings is 4. The molecule has 14 nitrogen and oxygen atoms in total. The predicted molar refractivity (Wildman–Crippen MR) is 158 cm³/mol. The fraction of sp³-hybridized carbons (Fsp3) is 0.312. The average molecular weight is 641 g/mol. The molecule has 244 valence electrons. The van der Waals surface area contributed by atoms with Gasteiger partial charge >= 0.3 is 11.9 Å². The van der Waals surface area contributed by atoms with E-state index in [1.807, 2.05) is 48.5 Å². The van der Waals surface area contributed by atoms with Crippen LogP contribution in [0.1, 0.15) is 0 Å². The van der Waals surface area contributed by atoms with Gasteiger partial charge in [0.1, 0.15) is 48.1 Å². The van der Waals surface area contributed by atoms with E-state index >= 15 is 0 Å². The lowest BCUT2D eigenvalue weighted by atomic mass is 9.99. The largest absolute Gasteiger partial charge is 0.479 e.